The van der Waals surface area contributed by atoms with E-state index in [1.165, 1.54) is 0 Å². The van der Waals surface area contributed by atoms with Crippen molar-refractivity contribution in [2.75, 3.05) is 6.61 Å². The normalized spacial score (nSPS) is 15.0. The summed E-state index contributed by atoms with van der Waals surface area (Å²) < 4.78 is 70.9. The molecular weight excluding hydrogens is 277 g/mol. The van der Waals surface area contributed by atoms with Gasteiger partial charge in [0.2, 0.25) is 0 Å². The summed E-state index contributed by atoms with van der Waals surface area (Å²) >= 11 is 0. The summed E-state index contributed by atoms with van der Waals surface area (Å²) in [4.78, 5) is 2.97. The number of rotatable bonds is 5. The maximum Gasteiger partial charge on any atom is 0.463 e. The van der Waals surface area contributed by atoms with Gasteiger partial charge in [-0.15, -0.1) is 0 Å². The van der Waals surface area contributed by atoms with Crippen molar-refractivity contribution in [3.05, 3.63) is 11.7 Å². The van der Waals surface area contributed by atoms with Gasteiger partial charge in [-0.2, -0.15) is 26.9 Å². The number of nitrogens with two attached hydrogens (primary N) is 1. The standard InChI is InChI=1S/C9H12F5N3O2/c1-4(2)18-3-5(15)6-16-7(19-17-6)8(10,11)9(12,13)14/h4-5H,3,15H2,1-2H3. The predicted molar refractivity (Wildman–Crippen MR) is 52.3 cm³/mol. The van der Waals surface area contributed by atoms with Crippen molar-refractivity contribution in [3.8, 4) is 0 Å². The molecule has 0 amide bonds. The van der Waals surface area contributed by atoms with E-state index < -0.39 is 29.9 Å². The second kappa shape index (κ2) is 5.37. The summed E-state index contributed by atoms with van der Waals surface area (Å²) in [6.07, 6.45) is -6.00. The van der Waals surface area contributed by atoms with Gasteiger partial charge in [0, 0.05) is 0 Å². The Kier molecular flexibility index (Phi) is 4.46. The van der Waals surface area contributed by atoms with Gasteiger partial charge in [-0.1, -0.05) is 5.16 Å². The molecule has 1 rings (SSSR count). The smallest absolute Gasteiger partial charge is 0.377 e. The molecule has 1 atom stereocenters. The van der Waals surface area contributed by atoms with Crippen LogP contribution >= 0.6 is 0 Å². The molecule has 19 heavy (non-hydrogen) atoms. The molecule has 1 aromatic rings. The summed E-state index contributed by atoms with van der Waals surface area (Å²) in [7, 11) is 0. The first-order valence-electron chi connectivity index (χ1n) is 5.21. The topological polar surface area (TPSA) is 74.2 Å². The minimum Gasteiger partial charge on any atom is -0.377 e. The first-order chi connectivity index (χ1) is 8.55. The highest BCUT2D eigenvalue weighted by Crippen LogP contribution is 2.43. The van der Waals surface area contributed by atoms with Crippen LogP contribution in [0.1, 0.15) is 31.6 Å². The Balaban J connectivity index is 2.82. The molecule has 0 radical (unpaired) electrons. The van der Waals surface area contributed by atoms with E-state index in [1.54, 1.807) is 13.8 Å². The zero-order chi connectivity index (χ0) is 14.8. The molecule has 1 unspecified atom stereocenters. The Morgan fingerprint density at radius 3 is 2.32 bits per heavy atom. The largest absolute Gasteiger partial charge is 0.463 e. The molecule has 5 nitrogen and oxygen atoms in total. The number of hydrogen-bond donors (Lipinski definition) is 1. The van der Waals surface area contributed by atoms with Crippen LogP contribution in [0.3, 0.4) is 0 Å². The van der Waals surface area contributed by atoms with Crippen molar-refractivity contribution >= 4 is 0 Å². The van der Waals surface area contributed by atoms with Gasteiger partial charge in [-0.25, -0.2) is 0 Å². The highest BCUT2D eigenvalue weighted by atomic mass is 19.4. The van der Waals surface area contributed by atoms with Crippen molar-refractivity contribution in [2.24, 2.45) is 5.73 Å². The summed E-state index contributed by atoms with van der Waals surface area (Å²) in [6, 6.07) is -1.05. The van der Waals surface area contributed by atoms with E-state index in [0.717, 1.165) is 0 Å². The third kappa shape index (κ3) is 3.60. The highest BCUT2D eigenvalue weighted by Gasteiger charge is 2.63. The van der Waals surface area contributed by atoms with Crippen molar-refractivity contribution in [1.29, 1.82) is 0 Å². The lowest BCUT2D eigenvalue weighted by molar-refractivity contribution is -0.298. The van der Waals surface area contributed by atoms with Crippen LogP contribution in [0.25, 0.3) is 0 Å². The molecule has 0 aliphatic carbocycles. The van der Waals surface area contributed by atoms with E-state index in [4.69, 9.17) is 10.5 Å². The monoisotopic (exact) mass is 289 g/mol. The van der Waals surface area contributed by atoms with Gasteiger partial charge in [0.05, 0.1) is 18.8 Å². The van der Waals surface area contributed by atoms with Crippen LogP contribution in [-0.2, 0) is 10.7 Å². The summed E-state index contributed by atoms with van der Waals surface area (Å²) in [5.41, 5.74) is 5.47. The van der Waals surface area contributed by atoms with Crippen molar-refractivity contribution in [2.45, 2.75) is 38.1 Å². The SMILES string of the molecule is CC(C)OCC(N)c1noc(C(F)(F)C(F)(F)F)n1. The van der Waals surface area contributed by atoms with E-state index in [2.05, 4.69) is 14.7 Å². The van der Waals surface area contributed by atoms with Crippen molar-refractivity contribution in [3.63, 3.8) is 0 Å². The zero-order valence-electron chi connectivity index (χ0n) is 10.0. The number of nitrogens with zero attached hydrogens (tertiary/aromatic N) is 2. The lowest BCUT2D eigenvalue weighted by Gasteiger charge is -2.14. The summed E-state index contributed by atoms with van der Waals surface area (Å²) in [5, 5.41) is 3.00. The molecule has 0 spiro atoms. The van der Waals surface area contributed by atoms with E-state index in [-0.39, 0.29) is 12.7 Å². The molecule has 0 aliphatic heterocycles. The van der Waals surface area contributed by atoms with Crippen molar-refractivity contribution < 1.29 is 31.2 Å². The second-order valence-corrected chi connectivity index (χ2v) is 4.02. The lowest BCUT2D eigenvalue weighted by Crippen LogP contribution is -2.34. The van der Waals surface area contributed by atoms with Gasteiger partial charge in [-0.3, -0.25) is 0 Å². The number of hydrogen-bond acceptors (Lipinski definition) is 5. The minimum atomic E-state index is -5.81. The minimum absolute atomic E-state index is 0.131. The first kappa shape index (κ1) is 15.8. The van der Waals surface area contributed by atoms with E-state index >= 15 is 0 Å². The first-order valence-corrected chi connectivity index (χ1v) is 5.21. The van der Waals surface area contributed by atoms with E-state index in [0.29, 0.717) is 0 Å². The summed E-state index contributed by atoms with van der Waals surface area (Å²) in [5.74, 6) is -7.52. The van der Waals surface area contributed by atoms with E-state index in [1.807, 2.05) is 0 Å². The molecular formula is C9H12F5N3O2. The maximum atomic E-state index is 12.9. The molecule has 10 heteroatoms. The van der Waals surface area contributed by atoms with Crippen LogP contribution in [0, 0.1) is 0 Å². The molecule has 2 N–H and O–H groups in total. The Hall–Kier alpha value is -1.29. The fourth-order valence-electron chi connectivity index (χ4n) is 1.00. The number of alkyl halides is 5. The fourth-order valence-corrected chi connectivity index (χ4v) is 1.00. The second-order valence-electron chi connectivity index (χ2n) is 4.02. The molecule has 0 aromatic carbocycles. The number of aromatic nitrogens is 2. The number of halogens is 5. The van der Waals surface area contributed by atoms with Gasteiger partial charge in [0.15, 0.2) is 5.82 Å². The molecule has 0 bridgehead atoms. The number of ether oxygens (including phenoxy) is 1. The third-order valence-electron chi connectivity index (χ3n) is 2.01. The van der Waals surface area contributed by atoms with Gasteiger partial charge in [0.25, 0.3) is 0 Å². The molecule has 1 aromatic heterocycles. The Bertz CT molecular complexity index is 418. The predicted octanol–water partition coefficient (Wildman–Crippen LogP) is 2.15. The Labute approximate surface area is 104 Å². The third-order valence-corrected chi connectivity index (χ3v) is 2.01. The van der Waals surface area contributed by atoms with E-state index in [9.17, 15) is 22.0 Å². The molecule has 0 saturated carbocycles. The van der Waals surface area contributed by atoms with Gasteiger partial charge < -0.3 is 15.0 Å². The fraction of sp³-hybridized carbons (Fsp3) is 0.778. The van der Waals surface area contributed by atoms with Crippen LogP contribution in [0.4, 0.5) is 22.0 Å². The average molecular weight is 289 g/mol. The average Bonchev–Trinajstić information content (AvgIpc) is 2.73. The molecule has 0 aliphatic rings. The van der Waals surface area contributed by atoms with Crippen molar-refractivity contribution in [1.82, 2.24) is 10.1 Å². The van der Waals surface area contributed by atoms with Gasteiger partial charge in [-0.05, 0) is 13.8 Å². The molecule has 0 saturated heterocycles. The zero-order valence-corrected chi connectivity index (χ0v) is 10.0. The highest BCUT2D eigenvalue weighted by molar-refractivity contribution is 5.00. The maximum absolute atomic E-state index is 12.9. The van der Waals surface area contributed by atoms with Gasteiger partial charge in [0.1, 0.15) is 0 Å². The van der Waals surface area contributed by atoms with Crippen LogP contribution in [0.2, 0.25) is 0 Å². The quantitative estimate of drug-likeness (QED) is 0.841. The Morgan fingerprint density at radius 1 is 1.26 bits per heavy atom. The molecule has 110 valence electrons. The Morgan fingerprint density at radius 2 is 1.84 bits per heavy atom. The van der Waals surface area contributed by atoms with Crippen LogP contribution in [0.5, 0.6) is 0 Å². The van der Waals surface area contributed by atoms with Crippen LogP contribution in [-0.4, -0.2) is 29.0 Å². The lowest BCUT2D eigenvalue weighted by atomic mass is 10.3. The van der Waals surface area contributed by atoms with Crippen LogP contribution < -0.4 is 5.73 Å². The molecule has 0 fully saturated rings. The van der Waals surface area contributed by atoms with Gasteiger partial charge >= 0.3 is 18.0 Å². The van der Waals surface area contributed by atoms with Crippen LogP contribution in [0.15, 0.2) is 4.52 Å². The summed E-state index contributed by atoms with van der Waals surface area (Å²) in [6.45, 7) is 3.27. The molecule has 1 heterocycles.